The van der Waals surface area contributed by atoms with Crippen molar-refractivity contribution in [1.82, 2.24) is 5.32 Å². The van der Waals surface area contributed by atoms with Crippen molar-refractivity contribution in [1.29, 1.82) is 0 Å². The predicted octanol–water partition coefficient (Wildman–Crippen LogP) is -2.16. The Bertz CT molecular complexity index is 346. The second-order valence-corrected chi connectivity index (χ2v) is 6.08. The van der Waals surface area contributed by atoms with Crippen LogP contribution in [0.4, 0.5) is 0 Å². The van der Waals surface area contributed by atoms with E-state index in [4.69, 9.17) is 5.73 Å². The Morgan fingerprint density at radius 1 is 1.14 bits per heavy atom. The molecule has 0 amide bonds. The third kappa shape index (κ3) is 6.27. The molecular weight excluding hydrogens is 232 g/mol. The third-order valence-electron chi connectivity index (χ3n) is 1.18. The Morgan fingerprint density at radius 2 is 1.64 bits per heavy atom. The number of nitrogens with two attached hydrogens (primary N) is 1. The van der Waals surface area contributed by atoms with E-state index in [9.17, 15) is 16.8 Å². The lowest BCUT2D eigenvalue weighted by Crippen LogP contribution is -2.26. The molecule has 0 fully saturated rings. The van der Waals surface area contributed by atoms with Crippen LogP contribution in [0.15, 0.2) is 0 Å². The average Bonchev–Trinajstić information content (AvgIpc) is 1.98. The Morgan fingerprint density at radius 3 is 2.07 bits per heavy atom. The summed E-state index contributed by atoms with van der Waals surface area (Å²) in [7, 11) is -6.54. The van der Waals surface area contributed by atoms with Gasteiger partial charge in [-0.1, -0.05) is 0 Å². The Labute approximate surface area is 83.9 Å². The summed E-state index contributed by atoms with van der Waals surface area (Å²) >= 11 is 0. The molecule has 0 bridgehead atoms. The quantitative estimate of drug-likeness (QED) is 0.525. The average molecular weight is 246 g/mol. The maximum absolute atomic E-state index is 11.0. The molecule has 0 aromatic heterocycles. The number of nitrogens with one attached hydrogen (secondary N) is 1. The van der Waals surface area contributed by atoms with Gasteiger partial charge in [-0.3, -0.25) is 0 Å². The molecule has 9 heteroatoms. The molecule has 0 spiro atoms. The molecule has 0 aromatic rings. The summed E-state index contributed by atoms with van der Waals surface area (Å²) in [5, 5.41) is 2.56. The van der Waals surface area contributed by atoms with Gasteiger partial charge in [0.25, 0.3) is 20.2 Å². The van der Waals surface area contributed by atoms with Crippen molar-refractivity contribution in [3.8, 4) is 0 Å². The second kappa shape index (κ2) is 5.61. The minimum Gasteiger partial charge on any atom is -0.329 e. The van der Waals surface area contributed by atoms with Gasteiger partial charge in [-0.2, -0.15) is 16.8 Å². The van der Waals surface area contributed by atoms with Crippen LogP contribution < -0.4 is 11.1 Å². The fourth-order valence-corrected chi connectivity index (χ4v) is 3.15. The molecule has 0 aliphatic carbocycles. The van der Waals surface area contributed by atoms with Gasteiger partial charge in [-0.25, -0.2) is 0 Å². The number of rotatable bonds is 7. The lowest BCUT2D eigenvalue weighted by Gasteiger charge is -2.04. The highest BCUT2D eigenvalue weighted by Gasteiger charge is 2.21. The molecule has 0 heterocycles. The van der Waals surface area contributed by atoms with E-state index in [1.807, 2.05) is 0 Å². The minimum atomic E-state index is -4.06. The third-order valence-corrected chi connectivity index (χ3v) is 4.28. The molecule has 0 aliphatic rings. The van der Waals surface area contributed by atoms with E-state index >= 15 is 0 Å². The summed E-state index contributed by atoms with van der Waals surface area (Å²) in [6, 6.07) is 0. The molecule has 86 valence electrons. The first kappa shape index (κ1) is 13.8. The standard InChI is InChI=1S/C5H14N2O5S2/c1-7-3-5-14(10,11)12-13(8,9)4-2-6/h7H,2-6H2,1H3. The number of hydrogen-bond acceptors (Lipinski definition) is 7. The first-order valence-corrected chi connectivity index (χ1v) is 6.99. The molecule has 0 aromatic carbocycles. The molecule has 0 rings (SSSR count). The van der Waals surface area contributed by atoms with Crippen molar-refractivity contribution >= 4 is 20.2 Å². The molecule has 0 saturated heterocycles. The van der Waals surface area contributed by atoms with Gasteiger partial charge in [0.2, 0.25) is 0 Å². The highest BCUT2D eigenvalue weighted by Crippen LogP contribution is 2.01. The van der Waals surface area contributed by atoms with Crippen molar-refractivity contribution in [3.05, 3.63) is 0 Å². The zero-order valence-electron chi connectivity index (χ0n) is 7.76. The fourth-order valence-electron chi connectivity index (χ4n) is 0.597. The van der Waals surface area contributed by atoms with Crippen LogP contribution in [0, 0.1) is 0 Å². The summed E-state index contributed by atoms with van der Waals surface area (Å²) in [5.74, 6) is -0.904. The summed E-state index contributed by atoms with van der Waals surface area (Å²) < 4.78 is 47.8. The molecular formula is C5H14N2O5S2. The van der Waals surface area contributed by atoms with Gasteiger partial charge < -0.3 is 11.1 Å². The van der Waals surface area contributed by atoms with E-state index in [0.29, 0.717) is 0 Å². The number of hydrogen-bond donors (Lipinski definition) is 2. The summed E-state index contributed by atoms with van der Waals surface area (Å²) in [4.78, 5) is 0. The summed E-state index contributed by atoms with van der Waals surface area (Å²) in [5.41, 5.74) is 4.97. The van der Waals surface area contributed by atoms with E-state index in [1.54, 1.807) is 7.05 Å². The van der Waals surface area contributed by atoms with E-state index in [2.05, 4.69) is 8.95 Å². The second-order valence-electron chi connectivity index (χ2n) is 2.48. The molecule has 0 saturated carbocycles. The maximum Gasteiger partial charge on any atom is 0.283 e. The van der Waals surface area contributed by atoms with Gasteiger partial charge in [0.15, 0.2) is 0 Å². The van der Waals surface area contributed by atoms with E-state index < -0.39 is 31.7 Å². The van der Waals surface area contributed by atoms with E-state index in [-0.39, 0.29) is 13.1 Å². The normalized spacial score (nSPS) is 13.0. The van der Waals surface area contributed by atoms with Crippen LogP contribution in [-0.4, -0.2) is 48.5 Å². The van der Waals surface area contributed by atoms with Gasteiger partial charge in [0.1, 0.15) is 0 Å². The van der Waals surface area contributed by atoms with Crippen LogP contribution in [-0.2, 0) is 23.9 Å². The topological polar surface area (TPSA) is 116 Å². The van der Waals surface area contributed by atoms with Crippen LogP contribution in [0.2, 0.25) is 0 Å². The largest absolute Gasteiger partial charge is 0.329 e. The van der Waals surface area contributed by atoms with E-state index in [0.717, 1.165) is 0 Å². The molecule has 0 atom stereocenters. The first-order chi connectivity index (χ1) is 6.33. The van der Waals surface area contributed by atoms with Gasteiger partial charge in [0, 0.05) is 13.1 Å². The lowest BCUT2D eigenvalue weighted by atomic mass is 10.8. The predicted molar refractivity (Wildman–Crippen MR) is 51.6 cm³/mol. The van der Waals surface area contributed by atoms with Crippen molar-refractivity contribution in [2.75, 3.05) is 31.6 Å². The van der Waals surface area contributed by atoms with E-state index in [1.165, 1.54) is 0 Å². The molecule has 3 N–H and O–H groups in total. The summed E-state index contributed by atoms with van der Waals surface area (Å²) in [6.45, 7) is -0.0512. The monoisotopic (exact) mass is 246 g/mol. The maximum atomic E-state index is 11.0. The minimum absolute atomic E-state index is 0.125. The smallest absolute Gasteiger partial charge is 0.283 e. The van der Waals surface area contributed by atoms with Crippen molar-refractivity contribution < 1.29 is 20.5 Å². The zero-order valence-corrected chi connectivity index (χ0v) is 9.40. The van der Waals surface area contributed by atoms with Gasteiger partial charge >= 0.3 is 0 Å². The highest BCUT2D eigenvalue weighted by molar-refractivity contribution is 7.99. The van der Waals surface area contributed by atoms with Crippen molar-refractivity contribution in [2.45, 2.75) is 0 Å². The van der Waals surface area contributed by atoms with Gasteiger partial charge in [-0.15, -0.1) is 3.63 Å². The Hall–Kier alpha value is -0.220. The molecule has 7 nitrogen and oxygen atoms in total. The van der Waals surface area contributed by atoms with Crippen molar-refractivity contribution in [2.24, 2.45) is 5.73 Å². The SMILES string of the molecule is CNCCS(=O)(=O)OS(=O)(=O)CCN. The van der Waals surface area contributed by atoms with Gasteiger partial charge in [-0.05, 0) is 7.05 Å². The van der Waals surface area contributed by atoms with Crippen LogP contribution >= 0.6 is 0 Å². The highest BCUT2D eigenvalue weighted by atomic mass is 32.3. The zero-order chi connectivity index (χ0) is 11.2. The lowest BCUT2D eigenvalue weighted by molar-refractivity contribution is 0.461. The van der Waals surface area contributed by atoms with Crippen LogP contribution in [0.1, 0.15) is 0 Å². The first-order valence-electron chi connectivity index (χ1n) is 3.84. The Balaban J connectivity index is 4.36. The van der Waals surface area contributed by atoms with Gasteiger partial charge in [0.05, 0.1) is 11.5 Å². The molecule has 0 unspecified atom stereocenters. The van der Waals surface area contributed by atoms with Crippen LogP contribution in [0.5, 0.6) is 0 Å². The molecule has 14 heavy (non-hydrogen) atoms. The fraction of sp³-hybridized carbons (Fsp3) is 1.00. The Kier molecular flexibility index (Phi) is 5.52. The summed E-state index contributed by atoms with van der Waals surface area (Å²) in [6.07, 6.45) is 0. The van der Waals surface area contributed by atoms with Crippen LogP contribution in [0.25, 0.3) is 0 Å². The molecule has 0 aliphatic heterocycles. The molecule has 0 radical (unpaired) electrons. The van der Waals surface area contributed by atoms with Crippen LogP contribution in [0.3, 0.4) is 0 Å². The van der Waals surface area contributed by atoms with Crippen molar-refractivity contribution in [3.63, 3.8) is 0 Å².